The Balaban J connectivity index is 2.42. The molecule has 2 heterocycles. The molecule has 2 rings (SSSR count). The van der Waals surface area contributed by atoms with E-state index in [-0.39, 0.29) is 23.2 Å². The first kappa shape index (κ1) is 17.1. The predicted octanol–water partition coefficient (Wildman–Crippen LogP) is 2.02. The third-order valence-corrected chi connectivity index (χ3v) is 4.61. The summed E-state index contributed by atoms with van der Waals surface area (Å²) in [5.41, 5.74) is -0.283. The van der Waals surface area contributed by atoms with Gasteiger partial charge in [-0.2, -0.15) is 0 Å². The van der Waals surface area contributed by atoms with E-state index in [1.54, 1.807) is 19.8 Å². The molecule has 1 aliphatic heterocycles. The SMILES string of the molecule is CCCNC1C(OC)CC(C)(C)N(c2ncncn2)C1(C)C. The summed E-state index contributed by atoms with van der Waals surface area (Å²) in [4.78, 5) is 15.0. The monoisotopic (exact) mass is 307 g/mol. The fourth-order valence-corrected chi connectivity index (χ4v) is 3.85. The maximum absolute atomic E-state index is 5.81. The molecule has 0 amide bonds. The molecule has 0 saturated carbocycles. The molecule has 1 fully saturated rings. The van der Waals surface area contributed by atoms with E-state index < -0.39 is 0 Å². The summed E-state index contributed by atoms with van der Waals surface area (Å²) >= 11 is 0. The molecule has 22 heavy (non-hydrogen) atoms. The smallest absolute Gasteiger partial charge is 0.229 e. The first-order valence-corrected chi connectivity index (χ1v) is 8.03. The fourth-order valence-electron chi connectivity index (χ4n) is 3.85. The number of aromatic nitrogens is 3. The van der Waals surface area contributed by atoms with Gasteiger partial charge in [-0.3, -0.25) is 0 Å². The zero-order chi connectivity index (χ0) is 16.4. The van der Waals surface area contributed by atoms with Crippen LogP contribution in [0.1, 0.15) is 47.5 Å². The van der Waals surface area contributed by atoms with Crippen LogP contribution in [0.25, 0.3) is 0 Å². The normalized spacial score (nSPS) is 26.9. The first-order valence-electron chi connectivity index (χ1n) is 8.03. The van der Waals surface area contributed by atoms with E-state index in [0.717, 1.165) is 25.3 Å². The Labute approximate surface area is 133 Å². The van der Waals surface area contributed by atoms with Crippen LogP contribution in [-0.4, -0.2) is 51.8 Å². The molecule has 1 saturated heterocycles. The van der Waals surface area contributed by atoms with Gasteiger partial charge in [0.05, 0.1) is 17.7 Å². The van der Waals surface area contributed by atoms with Crippen LogP contribution >= 0.6 is 0 Å². The van der Waals surface area contributed by atoms with Crippen molar-refractivity contribution in [2.45, 2.75) is 70.7 Å². The summed E-state index contributed by atoms with van der Waals surface area (Å²) in [6.07, 6.45) is 5.30. The molecule has 0 aromatic carbocycles. The van der Waals surface area contributed by atoms with E-state index >= 15 is 0 Å². The lowest BCUT2D eigenvalue weighted by molar-refractivity contribution is -0.00743. The van der Waals surface area contributed by atoms with Crippen LogP contribution in [0.5, 0.6) is 0 Å². The van der Waals surface area contributed by atoms with Crippen molar-refractivity contribution in [3.8, 4) is 0 Å². The van der Waals surface area contributed by atoms with Crippen molar-refractivity contribution in [1.29, 1.82) is 0 Å². The van der Waals surface area contributed by atoms with E-state index in [1.165, 1.54) is 0 Å². The Morgan fingerprint density at radius 1 is 1.27 bits per heavy atom. The first-order chi connectivity index (χ1) is 10.3. The number of nitrogens with zero attached hydrogens (tertiary/aromatic N) is 4. The van der Waals surface area contributed by atoms with Gasteiger partial charge in [-0.1, -0.05) is 6.92 Å². The Kier molecular flexibility index (Phi) is 5.02. The van der Waals surface area contributed by atoms with Gasteiger partial charge in [-0.05, 0) is 47.1 Å². The molecule has 2 atom stereocenters. The van der Waals surface area contributed by atoms with Crippen LogP contribution in [0.3, 0.4) is 0 Å². The molecule has 2 unspecified atom stereocenters. The van der Waals surface area contributed by atoms with E-state index in [2.05, 4.69) is 59.8 Å². The molecule has 1 aromatic heterocycles. The zero-order valence-electron chi connectivity index (χ0n) is 14.6. The van der Waals surface area contributed by atoms with E-state index in [0.29, 0.717) is 0 Å². The maximum Gasteiger partial charge on any atom is 0.229 e. The van der Waals surface area contributed by atoms with Crippen molar-refractivity contribution in [2.24, 2.45) is 0 Å². The minimum Gasteiger partial charge on any atom is -0.380 e. The van der Waals surface area contributed by atoms with Gasteiger partial charge in [0, 0.05) is 12.6 Å². The average Bonchev–Trinajstić information content (AvgIpc) is 2.45. The molecular weight excluding hydrogens is 278 g/mol. The van der Waals surface area contributed by atoms with Gasteiger partial charge in [-0.25, -0.2) is 15.0 Å². The van der Waals surface area contributed by atoms with Crippen LogP contribution < -0.4 is 10.2 Å². The maximum atomic E-state index is 5.81. The fraction of sp³-hybridized carbons (Fsp3) is 0.812. The quantitative estimate of drug-likeness (QED) is 0.898. The zero-order valence-corrected chi connectivity index (χ0v) is 14.6. The van der Waals surface area contributed by atoms with Gasteiger partial charge in [-0.15, -0.1) is 0 Å². The van der Waals surface area contributed by atoms with Crippen LogP contribution in [0.4, 0.5) is 5.95 Å². The van der Waals surface area contributed by atoms with E-state index in [1.807, 2.05) is 0 Å². The number of ether oxygens (including phenoxy) is 1. The van der Waals surface area contributed by atoms with Crippen LogP contribution in [0.2, 0.25) is 0 Å². The predicted molar refractivity (Wildman–Crippen MR) is 88.0 cm³/mol. The number of anilines is 1. The van der Waals surface area contributed by atoms with Gasteiger partial charge in [0.2, 0.25) is 5.95 Å². The minimum atomic E-state index is -0.182. The second-order valence-corrected chi connectivity index (χ2v) is 7.15. The lowest BCUT2D eigenvalue weighted by Crippen LogP contribution is -2.73. The van der Waals surface area contributed by atoms with Crippen molar-refractivity contribution in [3.63, 3.8) is 0 Å². The van der Waals surface area contributed by atoms with Gasteiger partial charge in [0.1, 0.15) is 12.7 Å². The van der Waals surface area contributed by atoms with Crippen LogP contribution in [0.15, 0.2) is 12.7 Å². The highest BCUT2D eigenvalue weighted by Gasteiger charge is 2.52. The van der Waals surface area contributed by atoms with Crippen LogP contribution in [0, 0.1) is 0 Å². The number of nitrogens with one attached hydrogen (secondary N) is 1. The second kappa shape index (κ2) is 6.46. The third-order valence-electron chi connectivity index (χ3n) is 4.61. The molecule has 1 N–H and O–H groups in total. The van der Waals surface area contributed by atoms with Gasteiger partial charge < -0.3 is 15.0 Å². The highest BCUT2D eigenvalue weighted by molar-refractivity contribution is 5.41. The standard InChI is InChI=1S/C16H29N5O/c1-7-8-18-13-12(22-6)9-15(2,3)21(16(13,4)5)14-19-10-17-11-20-14/h10-13,18H,7-9H2,1-6H3. The molecule has 0 bridgehead atoms. The molecule has 124 valence electrons. The Morgan fingerprint density at radius 3 is 2.45 bits per heavy atom. The highest BCUT2D eigenvalue weighted by Crippen LogP contribution is 2.41. The van der Waals surface area contributed by atoms with Crippen molar-refractivity contribution < 1.29 is 4.74 Å². The Bertz CT molecular complexity index is 477. The van der Waals surface area contributed by atoms with Gasteiger partial charge >= 0.3 is 0 Å². The molecule has 6 nitrogen and oxygen atoms in total. The molecule has 1 aliphatic rings. The summed E-state index contributed by atoms with van der Waals surface area (Å²) in [6.45, 7) is 12.1. The number of piperidine rings is 1. The number of rotatable bonds is 5. The largest absolute Gasteiger partial charge is 0.380 e. The molecule has 0 aliphatic carbocycles. The molecule has 0 spiro atoms. The lowest BCUT2D eigenvalue weighted by atomic mass is 9.74. The van der Waals surface area contributed by atoms with Gasteiger partial charge in [0.15, 0.2) is 0 Å². The van der Waals surface area contributed by atoms with Crippen molar-refractivity contribution in [3.05, 3.63) is 12.7 Å². The molecule has 0 radical (unpaired) electrons. The molecular formula is C16H29N5O. The Hall–Kier alpha value is -1.27. The minimum absolute atomic E-state index is 0.101. The summed E-state index contributed by atoms with van der Waals surface area (Å²) in [7, 11) is 1.80. The van der Waals surface area contributed by atoms with Gasteiger partial charge in [0.25, 0.3) is 0 Å². The number of hydrogen-bond donors (Lipinski definition) is 1. The molecule has 6 heteroatoms. The topological polar surface area (TPSA) is 63.2 Å². The third kappa shape index (κ3) is 3.08. The number of methoxy groups -OCH3 is 1. The summed E-state index contributed by atoms with van der Waals surface area (Å²) in [6, 6.07) is 0.210. The average molecular weight is 307 g/mol. The van der Waals surface area contributed by atoms with E-state index in [4.69, 9.17) is 4.74 Å². The Morgan fingerprint density at radius 2 is 1.91 bits per heavy atom. The number of hydrogen-bond acceptors (Lipinski definition) is 6. The van der Waals surface area contributed by atoms with Crippen LogP contribution in [-0.2, 0) is 4.74 Å². The van der Waals surface area contributed by atoms with Crippen molar-refractivity contribution in [2.75, 3.05) is 18.6 Å². The highest BCUT2D eigenvalue weighted by atomic mass is 16.5. The van der Waals surface area contributed by atoms with Crippen molar-refractivity contribution in [1.82, 2.24) is 20.3 Å². The second-order valence-electron chi connectivity index (χ2n) is 7.15. The molecule has 1 aromatic rings. The summed E-state index contributed by atoms with van der Waals surface area (Å²) in [5.74, 6) is 0.725. The lowest BCUT2D eigenvalue weighted by Gasteiger charge is -2.58. The van der Waals surface area contributed by atoms with Crippen molar-refractivity contribution >= 4 is 5.95 Å². The van der Waals surface area contributed by atoms with E-state index in [9.17, 15) is 0 Å². The summed E-state index contributed by atoms with van der Waals surface area (Å²) < 4.78 is 5.81. The summed E-state index contributed by atoms with van der Waals surface area (Å²) in [5, 5.41) is 3.66.